The molecule has 0 radical (unpaired) electrons. The molecule has 0 aliphatic carbocycles. The smallest absolute Gasteiger partial charge is 0.244 e. The van der Waals surface area contributed by atoms with E-state index in [1.807, 2.05) is 0 Å². The number of nitrogens with zero attached hydrogens (tertiary/aromatic N) is 1. The van der Waals surface area contributed by atoms with Gasteiger partial charge in [0.15, 0.2) is 0 Å². The summed E-state index contributed by atoms with van der Waals surface area (Å²) in [5.74, 6) is -0.306. The summed E-state index contributed by atoms with van der Waals surface area (Å²) in [6.45, 7) is 1.20. The number of hydrogen-bond donors (Lipinski definition) is 2. The Kier molecular flexibility index (Phi) is 8.59. The van der Waals surface area contributed by atoms with Gasteiger partial charge in [0.05, 0.1) is 17.5 Å². The number of rotatable bonds is 7. The van der Waals surface area contributed by atoms with Crippen molar-refractivity contribution in [2.24, 2.45) is 5.73 Å². The van der Waals surface area contributed by atoms with Crippen LogP contribution in [0.2, 0.25) is 5.02 Å². The average Bonchev–Trinajstić information content (AvgIpc) is 3.09. The minimum absolute atomic E-state index is 0. The third-order valence-electron chi connectivity index (χ3n) is 3.91. The predicted octanol–water partition coefficient (Wildman–Crippen LogP) is 1.85. The molecule has 1 aliphatic heterocycles. The molecule has 0 spiro atoms. The van der Waals surface area contributed by atoms with Gasteiger partial charge in [0.1, 0.15) is 4.90 Å². The van der Waals surface area contributed by atoms with Crippen LogP contribution < -0.4 is 11.1 Å². The highest BCUT2D eigenvalue weighted by molar-refractivity contribution is 7.89. The number of amides is 1. The second-order valence-electron chi connectivity index (χ2n) is 5.60. The van der Waals surface area contributed by atoms with Crippen LogP contribution >= 0.6 is 24.0 Å². The fraction of sp³-hybridized carbons (Fsp3) is 0.533. The second kappa shape index (κ2) is 9.70. The van der Waals surface area contributed by atoms with Crippen molar-refractivity contribution >= 4 is 45.6 Å². The topological polar surface area (TPSA) is 102 Å². The Morgan fingerprint density at radius 3 is 2.60 bits per heavy atom. The fourth-order valence-electron chi connectivity index (χ4n) is 2.53. The van der Waals surface area contributed by atoms with Crippen molar-refractivity contribution in [1.29, 1.82) is 0 Å². The number of carbonyl (C=O) groups excluding carboxylic acids is 1. The molecule has 3 N–H and O–H groups in total. The SMILES string of the molecule is COC(CN)CC(=O)Nc1ccc(Cl)c(S(=O)(=O)N2CCCC2)c1.Cl. The third-order valence-corrected chi connectivity index (χ3v) is 6.29. The Bertz CT molecular complexity index is 690. The van der Waals surface area contributed by atoms with E-state index in [1.165, 1.54) is 23.5 Å². The maximum absolute atomic E-state index is 12.7. The monoisotopic (exact) mass is 411 g/mol. The van der Waals surface area contributed by atoms with Crippen molar-refractivity contribution in [2.75, 3.05) is 32.1 Å². The van der Waals surface area contributed by atoms with Crippen molar-refractivity contribution < 1.29 is 17.9 Å². The van der Waals surface area contributed by atoms with Crippen LogP contribution in [0.25, 0.3) is 0 Å². The zero-order chi connectivity index (χ0) is 17.7. The molecule has 7 nitrogen and oxygen atoms in total. The maximum atomic E-state index is 12.7. The summed E-state index contributed by atoms with van der Waals surface area (Å²) in [5.41, 5.74) is 5.86. The Labute approximate surface area is 159 Å². The van der Waals surface area contributed by atoms with Crippen LogP contribution in [0.15, 0.2) is 23.1 Å². The molecule has 1 aromatic rings. The highest BCUT2D eigenvalue weighted by atomic mass is 35.5. The van der Waals surface area contributed by atoms with E-state index in [2.05, 4.69) is 5.32 Å². The van der Waals surface area contributed by atoms with E-state index >= 15 is 0 Å². The van der Waals surface area contributed by atoms with Gasteiger partial charge in [-0.05, 0) is 31.0 Å². The van der Waals surface area contributed by atoms with Gasteiger partial charge in [-0.15, -0.1) is 12.4 Å². The van der Waals surface area contributed by atoms with Gasteiger partial charge in [-0.1, -0.05) is 11.6 Å². The molecule has 10 heteroatoms. The Hall–Kier alpha value is -0.900. The Balaban J connectivity index is 0.00000312. The summed E-state index contributed by atoms with van der Waals surface area (Å²) >= 11 is 6.07. The summed E-state index contributed by atoms with van der Waals surface area (Å²) in [4.78, 5) is 12.0. The molecule has 1 unspecified atom stereocenters. The molecule has 1 fully saturated rings. The lowest BCUT2D eigenvalue weighted by Crippen LogP contribution is -2.29. The highest BCUT2D eigenvalue weighted by Gasteiger charge is 2.29. The molecule has 142 valence electrons. The lowest BCUT2D eigenvalue weighted by Gasteiger charge is -2.17. The van der Waals surface area contributed by atoms with Gasteiger partial charge in [-0.3, -0.25) is 4.79 Å². The van der Waals surface area contributed by atoms with E-state index in [0.717, 1.165) is 12.8 Å². The first kappa shape index (κ1) is 22.1. The first-order valence-electron chi connectivity index (χ1n) is 7.71. The van der Waals surface area contributed by atoms with Crippen molar-refractivity contribution in [3.63, 3.8) is 0 Å². The molecule has 1 amide bonds. The van der Waals surface area contributed by atoms with Crippen LogP contribution in [0.5, 0.6) is 0 Å². The number of ether oxygens (including phenoxy) is 1. The lowest BCUT2D eigenvalue weighted by atomic mass is 10.2. The number of sulfonamides is 1. The molecule has 25 heavy (non-hydrogen) atoms. The molecule has 1 aromatic carbocycles. The number of anilines is 1. The second-order valence-corrected chi connectivity index (χ2v) is 7.92. The first-order chi connectivity index (χ1) is 11.4. The molecule has 1 aliphatic rings. The van der Waals surface area contributed by atoms with Crippen molar-refractivity contribution in [2.45, 2.75) is 30.3 Å². The van der Waals surface area contributed by atoms with E-state index in [1.54, 1.807) is 6.07 Å². The summed E-state index contributed by atoms with van der Waals surface area (Å²) in [6, 6.07) is 4.42. The number of nitrogens with two attached hydrogens (primary N) is 1. The normalized spacial score (nSPS) is 16.3. The van der Waals surface area contributed by atoms with Gasteiger partial charge >= 0.3 is 0 Å². The van der Waals surface area contributed by atoms with Gasteiger partial charge in [0.2, 0.25) is 15.9 Å². The van der Waals surface area contributed by atoms with Crippen LogP contribution in [0.4, 0.5) is 5.69 Å². The third kappa shape index (κ3) is 5.54. The standard InChI is InChI=1S/C15H22ClN3O4S.ClH/c1-23-12(10-17)9-15(20)18-11-4-5-13(16)14(8-11)24(21,22)19-6-2-3-7-19;/h4-5,8,12H,2-3,6-7,9-10,17H2,1H3,(H,18,20);1H. The van der Waals surface area contributed by atoms with Gasteiger partial charge in [0, 0.05) is 32.4 Å². The molecule has 1 saturated heterocycles. The largest absolute Gasteiger partial charge is 0.380 e. The molecule has 2 rings (SSSR count). The zero-order valence-electron chi connectivity index (χ0n) is 13.9. The van der Waals surface area contributed by atoms with Crippen LogP contribution in [0.1, 0.15) is 19.3 Å². The first-order valence-corrected chi connectivity index (χ1v) is 9.52. The summed E-state index contributed by atoms with van der Waals surface area (Å²) in [6.07, 6.45) is 1.38. The van der Waals surface area contributed by atoms with Crippen LogP contribution in [0, 0.1) is 0 Å². The minimum atomic E-state index is -3.65. The van der Waals surface area contributed by atoms with Gasteiger partial charge in [-0.2, -0.15) is 4.31 Å². The number of nitrogens with one attached hydrogen (secondary N) is 1. The maximum Gasteiger partial charge on any atom is 0.244 e. The molecule has 1 atom stereocenters. The molecular weight excluding hydrogens is 389 g/mol. The molecule has 0 saturated carbocycles. The quantitative estimate of drug-likeness (QED) is 0.712. The summed E-state index contributed by atoms with van der Waals surface area (Å²) in [7, 11) is -2.17. The van der Waals surface area contributed by atoms with Crippen LogP contribution in [0.3, 0.4) is 0 Å². The number of carbonyl (C=O) groups is 1. The van der Waals surface area contributed by atoms with Gasteiger partial charge < -0.3 is 15.8 Å². The van der Waals surface area contributed by atoms with E-state index in [0.29, 0.717) is 18.8 Å². The minimum Gasteiger partial charge on any atom is -0.380 e. The van der Waals surface area contributed by atoms with Crippen LogP contribution in [-0.2, 0) is 19.6 Å². The fourth-order valence-corrected chi connectivity index (χ4v) is 4.55. The molecule has 1 heterocycles. The predicted molar refractivity (Wildman–Crippen MR) is 99.8 cm³/mol. The van der Waals surface area contributed by atoms with E-state index < -0.39 is 10.0 Å². The zero-order valence-corrected chi connectivity index (χ0v) is 16.3. The number of methoxy groups -OCH3 is 1. The van der Waals surface area contributed by atoms with E-state index in [-0.39, 0.29) is 47.3 Å². The van der Waals surface area contributed by atoms with E-state index in [4.69, 9.17) is 22.1 Å². The summed E-state index contributed by atoms with van der Waals surface area (Å²) in [5, 5.41) is 2.79. The van der Waals surface area contributed by atoms with Crippen molar-refractivity contribution in [1.82, 2.24) is 4.31 Å². The molecular formula is C15H23Cl2N3O4S. The summed E-state index contributed by atoms with van der Waals surface area (Å²) < 4.78 is 31.8. The number of benzene rings is 1. The Morgan fingerprint density at radius 1 is 1.40 bits per heavy atom. The Morgan fingerprint density at radius 2 is 2.04 bits per heavy atom. The molecule has 0 bridgehead atoms. The molecule has 0 aromatic heterocycles. The van der Waals surface area contributed by atoms with Crippen LogP contribution in [-0.4, -0.2) is 51.5 Å². The van der Waals surface area contributed by atoms with Crippen molar-refractivity contribution in [3.8, 4) is 0 Å². The number of hydrogen-bond acceptors (Lipinski definition) is 5. The van der Waals surface area contributed by atoms with Gasteiger partial charge in [-0.25, -0.2) is 8.42 Å². The average molecular weight is 412 g/mol. The van der Waals surface area contributed by atoms with Gasteiger partial charge in [0.25, 0.3) is 0 Å². The van der Waals surface area contributed by atoms with Crippen molar-refractivity contribution in [3.05, 3.63) is 23.2 Å². The lowest BCUT2D eigenvalue weighted by molar-refractivity contribution is -0.118. The number of halogens is 2. The highest BCUT2D eigenvalue weighted by Crippen LogP contribution is 2.29. The van der Waals surface area contributed by atoms with E-state index in [9.17, 15) is 13.2 Å².